The van der Waals surface area contributed by atoms with E-state index in [4.69, 9.17) is 4.55 Å². The number of allylic oxidation sites excluding steroid dienone is 1. The number of hydrogen-bond donors (Lipinski definition) is 2. The molecule has 2 N–H and O–H groups in total. The summed E-state index contributed by atoms with van der Waals surface area (Å²) >= 11 is 0. The molecule has 1 fully saturated rings. The molecule has 2 rings (SSSR count). The first kappa shape index (κ1) is 19.3. The van der Waals surface area contributed by atoms with Crippen molar-refractivity contribution in [3.8, 4) is 0 Å². The molecule has 1 aliphatic rings. The lowest BCUT2D eigenvalue weighted by molar-refractivity contribution is -0.122. The van der Waals surface area contributed by atoms with Crippen molar-refractivity contribution in [1.29, 1.82) is 0 Å². The second-order valence-corrected chi connectivity index (χ2v) is 7.84. The Labute approximate surface area is 148 Å². The molecule has 0 aliphatic heterocycles. The number of hydrogen-bond acceptors (Lipinski definition) is 4. The van der Waals surface area contributed by atoms with Crippen molar-refractivity contribution in [2.75, 3.05) is 12.3 Å². The fourth-order valence-corrected chi connectivity index (χ4v) is 3.10. The van der Waals surface area contributed by atoms with Crippen LogP contribution in [0.5, 0.6) is 0 Å². The Morgan fingerprint density at radius 1 is 1.24 bits per heavy atom. The van der Waals surface area contributed by atoms with E-state index in [2.05, 4.69) is 5.32 Å². The molecule has 0 aromatic heterocycles. The molecule has 0 radical (unpaired) electrons. The highest BCUT2D eigenvalue weighted by Gasteiger charge is 2.17. The van der Waals surface area contributed by atoms with Gasteiger partial charge in [-0.1, -0.05) is 24.3 Å². The van der Waals surface area contributed by atoms with E-state index in [1.165, 1.54) is 0 Å². The lowest BCUT2D eigenvalue weighted by Crippen LogP contribution is -2.32. The van der Waals surface area contributed by atoms with Crippen LogP contribution in [-0.4, -0.2) is 37.0 Å². The Morgan fingerprint density at radius 2 is 1.88 bits per heavy atom. The van der Waals surface area contributed by atoms with Gasteiger partial charge < -0.3 is 5.32 Å². The number of carbonyl (C=O) groups is 2. The molecule has 0 bridgehead atoms. The van der Waals surface area contributed by atoms with Gasteiger partial charge in [-0.05, 0) is 49.0 Å². The van der Waals surface area contributed by atoms with E-state index in [0.29, 0.717) is 6.42 Å². The molecule has 0 heterocycles. The zero-order valence-electron chi connectivity index (χ0n) is 14.2. The van der Waals surface area contributed by atoms with Crippen LogP contribution < -0.4 is 5.32 Å². The Bertz CT molecular complexity index is 765. The van der Waals surface area contributed by atoms with Gasteiger partial charge in [-0.3, -0.25) is 14.1 Å². The number of rotatable bonds is 6. The zero-order chi connectivity index (χ0) is 18.4. The van der Waals surface area contributed by atoms with Crippen molar-refractivity contribution in [2.24, 2.45) is 0 Å². The van der Waals surface area contributed by atoms with Gasteiger partial charge in [0, 0.05) is 13.0 Å². The molecule has 1 saturated carbocycles. The first-order valence-electron chi connectivity index (χ1n) is 8.33. The van der Waals surface area contributed by atoms with Gasteiger partial charge in [0.1, 0.15) is 0 Å². The van der Waals surface area contributed by atoms with Crippen LogP contribution in [0.15, 0.2) is 29.8 Å². The zero-order valence-corrected chi connectivity index (χ0v) is 15.0. The van der Waals surface area contributed by atoms with Gasteiger partial charge in [-0.25, -0.2) is 0 Å². The first-order chi connectivity index (χ1) is 11.8. The minimum absolute atomic E-state index is 0.131. The summed E-state index contributed by atoms with van der Waals surface area (Å²) in [5.74, 6) is -1.05. The van der Waals surface area contributed by atoms with Crippen molar-refractivity contribution in [3.05, 3.63) is 41.0 Å². The maximum atomic E-state index is 12.0. The molecule has 1 aromatic rings. The normalized spacial score (nSPS) is 18.2. The largest absolute Gasteiger partial charge is 0.354 e. The number of nitrogens with one attached hydrogen (secondary N) is 1. The quantitative estimate of drug-likeness (QED) is 0.595. The predicted octanol–water partition coefficient (Wildman–Crippen LogP) is 2.32. The van der Waals surface area contributed by atoms with Gasteiger partial charge in [0.15, 0.2) is 5.78 Å². The smallest absolute Gasteiger partial charge is 0.266 e. The summed E-state index contributed by atoms with van der Waals surface area (Å²) in [6, 6.07) is 7.39. The number of Topliss-reactive ketones (excluding diaryl/α,β-unsaturated/α-hetero) is 1. The van der Waals surface area contributed by atoms with Crippen LogP contribution in [0.1, 0.15) is 49.7 Å². The highest BCUT2D eigenvalue weighted by molar-refractivity contribution is 7.85. The molecule has 1 aliphatic carbocycles. The highest BCUT2D eigenvalue weighted by atomic mass is 32.2. The molecule has 1 aromatic carbocycles. The van der Waals surface area contributed by atoms with Crippen LogP contribution in [0, 0.1) is 0 Å². The van der Waals surface area contributed by atoms with Crippen LogP contribution in [0.3, 0.4) is 0 Å². The number of benzene rings is 1. The molecule has 1 atom stereocenters. The van der Waals surface area contributed by atoms with Crippen molar-refractivity contribution < 1.29 is 22.6 Å². The van der Waals surface area contributed by atoms with Crippen LogP contribution in [0.2, 0.25) is 0 Å². The van der Waals surface area contributed by atoms with Gasteiger partial charge in [0.05, 0.1) is 11.7 Å². The SMILES string of the molecule is CC(C(=O)NCCS(=O)(=O)O)c1ccc(C=C2CCCCC2=O)cc1. The molecule has 136 valence electrons. The third-order valence-electron chi connectivity index (χ3n) is 4.29. The van der Waals surface area contributed by atoms with E-state index in [-0.39, 0.29) is 18.2 Å². The summed E-state index contributed by atoms with van der Waals surface area (Å²) in [5, 5.41) is 2.49. The Hall–Kier alpha value is -1.99. The summed E-state index contributed by atoms with van der Waals surface area (Å²) < 4.78 is 30.0. The van der Waals surface area contributed by atoms with E-state index in [1.807, 2.05) is 30.3 Å². The van der Waals surface area contributed by atoms with Gasteiger partial charge in [0.25, 0.3) is 10.1 Å². The minimum Gasteiger partial charge on any atom is -0.354 e. The van der Waals surface area contributed by atoms with Crippen LogP contribution in [0.25, 0.3) is 6.08 Å². The van der Waals surface area contributed by atoms with Crippen LogP contribution in [-0.2, 0) is 19.7 Å². The second-order valence-electron chi connectivity index (χ2n) is 6.27. The van der Waals surface area contributed by atoms with Crippen LogP contribution in [0.4, 0.5) is 0 Å². The standard InChI is InChI=1S/C18H23NO5S/c1-13(18(21)19-10-11-25(22,23)24)15-8-6-14(7-9-15)12-16-4-2-3-5-17(16)20/h6-9,12-13H,2-5,10-11H2,1H3,(H,19,21)(H,22,23,24). The minimum atomic E-state index is -4.08. The maximum absolute atomic E-state index is 12.0. The third-order valence-corrected chi connectivity index (χ3v) is 5.01. The predicted molar refractivity (Wildman–Crippen MR) is 95.7 cm³/mol. The van der Waals surface area contributed by atoms with Crippen molar-refractivity contribution in [2.45, 2.75) is 38.5 Å². The average Bonchev–Trinajstić information content (AvgIpc) is 2.56. The molecule has 0 saturated heterocycles. The van der Waals surface area contributed by atoms with Gasteiger partial charge >= 0.3 is 0 Å². The second kappa shape index (κ2) is 8.40. The van der Waals surface area contributed by atoms with E-state index in [0.717, 1.165) is 36.0 Å². The monoisotopic (exact) mass is 365 g/mol. The third kappa shape index (κ3) is 6.10. The van der Waals surface area contributed by atoms with Gasteiger partial charge in [-0.15, -0.1) is 0 Å². The van der Waals surface area contributed by atoms with Crippen LogP contribution >= 0.6 is 0 Å². The number of carbonyl (C=O) groups excluding carboxylic acids is 2. The fraction of sp³-hybridized carbons (Fsp3) is 0.444. The van der Waals surface area contributed by atoms with Crippen molar-refractivity contribution in [3.63, 3.8) is 0 Å². The number of amides is 1. The average molecular weight is 365 g/mol. The lowest BCUT2D eigenvalue weighted by atomic mass is 9.91. The molecule has 1 amide bonds. The summed E-state index contributed by atoms with van der Waals surface area (Å²) in [6.45, 7) is 1.59. The summed E-state index contributed by atoms with van der Waals surface area (Å²) in [5.41, 5.74) is 2.57. The van der Waals surface area contributed by atoms with E-state index >= 15 is 0 Å². The molecule has 0 spiro atoms. The van der Waals surface area contributed by atoms with Crippen molar-refractivity contribution >= 4 is 27.9 Å². The first-order valence-corrected chi connectivity index (χ1v) is 9.94. The molecule has 7 heteroatoms. The topological polar surface area (TPSA) is 101 Å². The summed E-state index contributed by atoms with van der Waals surface area (Å²) in [6.07, 6.45) is 5.33. The van der Waals surface area contributed by atoms with E-state index in [1.54, 1.807) is 6.92 Å². The maximum Gasteiger partial charge on any atom is 0.266 e. The molecule has 1 unspecified atom stereocenters. The van der Waals surface area contributed by atoms with E-state index < -0.39 is 21.8 Å². The Morgan fingerprint density at radius 3 is 2.48 bits per heavy atom. The summed E-state index contributed by atoms with van der Waals surface area (Å²) in [7, 11) is -4.08. The highest BCUT2D eigenvalue weighted by Crippen LogP contribution is 2.23. The molecule has 25 heavy (non-hydrogen) atoms. The number of ketones is 1. The Kier molecular flexibility index (Phi) is 6.50. The molecule has 6 nitrogen and oxygen atoms in total. The fourth-order valence-electron chi connectivity index (χ4n) is 2.74. The summed E-state index contributed by atoms with van der Waals surface area (Å²) in [4.78, 5) is 23.9. The lowest BCUT2D eigenvalue weighted by Gasteiger charge is -2.14. The molecular formula is C18H23NO5S. The van der Waals surface area contributed by atoms with Gasteiger partial charge in [0.2, 0.25) is 5.91 Å². The van der Waals surface area contributed by atoms with E-state index in [9.17, 15) is 18.0 Å². The van der Waals surface area contributed by atoms with Gasteiger partial charge in [-0.2, -0.15) is 8.42 Å². The van der Waals surface area contributed by atoms with Crippen molar-refractivity contribution in [1.82, 2.24) is 5.32 Å². The Balaban J connectivity index is 1.97. The molecular weight excluding hydrogens is 342 g/mol.